The Morgan fingerprint density at radius 3 is 0.964 bits per heavy atom. The first-order valence-electron chi connectivity index (χ1n) is 30.3. The molecule has 0 aromatic rings. The molecular weight excluding hydrogens is 1120 g/mol. The molecule has 83 heavy (non-hydrogen) atoms. The molecule has 0 aliphatic heterocycles. The zero-order valence-electron chi connectivity index (χ0n) is 51.8. The molecule has 8 bridgehead atoms. The second kappa shape index (κ2) is 45.9. The predicted molar refractivity (Wildman–Crippen MR) is 356 cm³/mol. The van der Waals surface area contributed by atoms with Crippen molar-refractivity contribution in [2.24, 2.45) is 64.9 Å². The van der Waals surface area contributed by atoms with Crippen LogP contribution in [0.25, 0.3) is 0 Å². The van der Waals surface area contributed by atoms with Gasteiger partial charge in [-0.3, -0.25) is 24.0 Å². The average Bonchev–Trinajstić information content (AvgIpc) is 3.06. The Morgan fingerprint density at radius 2 is 0.711 bits per heavy atom. The second-order valence-electron chi connectivity index (χ2n) is 25.3. The molecule has 0 spiro atoms. The number of allylic oxidation sites excluding steroid dienone is 14. The number of halogens is 4. The quantitative estimate of drug-likeness (QED) is 0.0283. The molecular formula is C70H114Cl4N2O7. The summed E-state index contributed by atoms with van der Waals surface area (Å²) in [6.07, 6.45) is 42.8. The maximum absolute atomic E-state index is 12.0. The Labute approximate surface area is 525 Å². The normalized spacial score (nSPS) is 23.9. The van der Waals surface area contributed by atoms with Crippen molar-refractivity contribution in [1.82, 2.24) is 5.32 Å². The summed E-state index contributed by atoms with van der Waals surface area (Å²) in [5, 5.41) is 8.45. The van der Waals surface area contributed by atoms with Crippen LogP contribution in [0.4, 0.5) is 0 Å². The molecule has 0 aromatic heterocycles. The first kappa shape index (κ1) is 81.7. The maximum Gasteiger partial charge on any atom is 0.328 e. The molecule has 4 N–H and O–H groups in total. The van der Waals surface area contributed by atoms with E-state index in [1.54, 1.807) is 38.2 Å². The van der Waals surface area contributed by atoms with Crippen molar-refractivity contribution in [3.05, 3.63) is 93.2 Å². The fourth-order valence-electron chi connectivity index (χ4n) is 13.4. The third-order valence-corrected chi connectivity index (χ3v) is 17.2. The van der Waals surface area contributed by atoms with Crippen molar-refractivity contribution < 1.29 is 33.9 Å². The molecule has 8 aliphatic rings. The van der Waals surface area contributed by atoms with Gasteiger partial charge in [-0.05, 0) is 349 Å². The summed E-state index contributed by atoms with van der Waals surface area (Å²) in [5.41, 5.74) is 15.0. The van der Waals surface area contributed by atoms with Crippen molar-refractivity contribution in [2.45, 2.75) is 239 Å². The number of nitrogens with one attached hydrogen (secondary N) is 1. The monoisotopic (exact) mass is 1230 g/mol. The van der Waals surface area contributed by atoms with Crippen LogP contribution in [0, 0.1) is 59.2 Å². The molecule has 13 heteroatoms. The van der Waals surface area contributed by atoms with Gasteiger partial charge in [0.1, 0.15) is 0 Å². The van der Waals surface area contributed by atoms with Crippen molar-refractivity contribution in [3.63, 3.8) is 0 Å². The molecule has 8 fully saturated rings. The van der Waals surface area contributed by atoms with E-state index in [4.69, 9.17) is 34.0 Å². The standard InChI is InChI=1S/C23H37NO.C13H23N.2C10H15ClO.C10H16O2.C2Cl2O2.2CH4/c1-16(2)6-4-7-17(3)10-23(25)24-9-5-8-22-20-12-18-11-19(14-20)15-21(22)13-18;14-3-1-2-13-11-5-9-4-10(7-11)8-12(13)6-9;3*1-8(2)5-4-6-9(3)7-10(11)12;3-1(5)2(4)6;;/h6,10,18-22H,4-5,7-9,11-15H2,1-3H3,(H,24,25);9-13H,1-8,14H2;2*5,7H,4,6H2,1-3H3;5,7H,4,6H2,1-3H3,(H,11,12);;2*1H4/b17-10+;;3*9-7+;;;. The van der Waals surface area contributed by atoms with Crippen LogP contribution in [-0.2, 0) is 28.8 Å². The minimum absolute atomic E-state index is 0. The Hall–Kier alpha value is -3.34. The Bertz CT molecular complexity index is 2050. The number of hydrogen-bond donors (Lipinski definition) is 3. The highest BCUT2D eigenvalue weighted by Gasteiger charge is 2.48. The van der Waals surface area contributed by atoms with Crippen LogP contribution in [0.2, 0.25) is 0 Å². The van der Waals surface area contributed by atoms with Gasteiger partial charge in [-0.25, -0.2) is 4.79 Å². The predicted octanol–water partition coefficient (Wildman–Crippen LogP) is 19.9. The van der Waals surface area contributed by atoms with Gasteiger partial charge < -0.3 is 16.2 Å². The SMILES string of the molecule is C.C.CC(C)=CCC/C(C)=C/C(=O)Cl.CC(C)=CCC/C(C)=C/C(=O)Cl.CC(C)=CCC/C(C)=C/C(=O)NCCCC1C2CC3CC(C2)CC1C3.CC(C)=CCC/C(C)=C/C(=O)O.NCCCC1C2CC3CC(C2)CC1C3.O=C(Cl)C(=O)Cl. The van der Waals surface area contributed by atoms with E-state index in [1.165, 1.54) is 97.5 Å². The number of amides is 1. The summed E-state index contributed by atoms with van der Waals surface area (Å²) in [4.78, 5) is 62.0. The molecule has 8 saturated carbocycles. The van der Waals surface area contributed by atoms with Gasteiger partial charge in [0.15, 0.2) is 0 Å². The van der Waals surface area contributed by atoms with Gasteiger partial charge in [-0.1, -0.05) is 83.7 Å². The topological polar surface area (TPSA) is 161 Å². The molecule has 0 aromatic carbocycles. The van der Waals surface area contributed by atoms with Crippen LogP contribution in [0.5, 0.6) is 0 Å². The van der Waals surface area contributed by atoms with Gasteiger partial charge in [0, 0.05) is 18.7 Å². The lowest BCUT2D eigenvalue weighted by atomic mass is 9.51. The molecule has 474 valence electrons. The Kier molecular flexibility index (Phi) is 45.2. The van der Waals surface area contributed by atoms with Gasteiger partial charge >= 0.3 is 16.5 Å². The summed E-state index contributed by atoms with van der Waals surface area (Å²) in [6.45, 7) is 26.0. The first-order valence-corrected chi connectivity index (χ1v) is 31.8. The highest BCUT2D eigenvalue weighted by atomic mass is 35.5. The number of nitrogens with two attached hydrogens (primary N) is 1. The summed E-state index contributed by atoms with van der Waals surface area (Å²) in [6, 6.07) is 0. The first-order chi connectivity index (χ1) is 38.1. The van der Waals surface area contributed by atoms with Gasteiger partial charge in [-0.2, -0.15) is 0 Å². The van der Waals surface area contributed by atoms with Crippen molar-refractivity contribution in [3.8, 4) is 0 Å². The molecule has 1 amide bonds. The van der Waals surface area contributed by atoms with E-state index in [2.05, 4.69) is 101 Å². The molecule has 0 atom stereocenters. The molecule has 0 unspecified atom stereocenters. The van der Waals surface area contributed by atoms with E-state index in [1.807, 2.05) is 34.6 Å². The van der Waals surface area contributed by atoms with E-state index in [-0.39, 0.29) is 31.2 Å². The third kappa shape index (κ3) is 39.9. The lowest BCUT2D eigenvalue weighted by Gasteiger charge is -2.54. The average molecular weight is 1240 g/mol. The van der Waals surface area contributed by atoms with Crippen molar-refractivity contribution >= 4 is 79.2 Å². The number of aliphatic carboxylic acids is 1. The summed E-state index contributed by atoms with van der Waals surface area (Å²) < 4.78 is 0. The van der Waals surface area contributed by atoms with E-state index in [9.17, 15) is 28.8 Å². The summed E-state index contributed by atoms with van der Waals surface area (Å²) >= 11 is 19.4. The van der Waals surface area contributed by atoms with Crippen molar-refractivity contribution in [1.29, 1.82) is 0 Å². The number of rotatable bonds is 24. The Balaban J connectivity index is 0. The fraction of sp³-hybridized carbons (Fsp3) is 0.686. The lowest BCUT2D eigenvalue weighted by Crippen LogP contribution is -2.45. The van der Waals surface area contributed by atoms with Gasteiger partial charge in [0.25, 0.3) is 0 Å². The zero-order valence-corrected chi connectivity index (χ0v) is 54.9. The molecule has 9 nitrogen and oxygen atoms in total. The number of carbonyl (C=O) groups is 6. The third-order valence-electron chi connectivity index (χ3n) is 16.6. The summed E-state index contributed by atoms with van der Waals surface area (Å²) in [5.74, 6) is 9.93. The van der Waals surface area contributed by atoms with Crippen LogP contribution >= 0.6 is 46.4 Å². The molecule has 0 heterocycles. The Morgan fingerprint density at radius 1 is 0.434 bits per heavy atom. The van der Waals surface area contributed by atoms with E-state index in [0.29, 0.717) is 0 Å². The highest BCUT2D eigenvalue weighted by Crippen LogP contribution is 2.58. The number of hydrogen-bond acceptors (Lipinski definition) is 7. The molecule has 0 radical (unpaired) electrons. The maximum atomic E-state index is 12.0. The summed E-state index contributed by atoms with van der Waals surface area (Å²) in [7, 11) is 0. The van der Waals surface area contributed by atoms with Gasteiger partial charge in [-0.15, -0.1) is 0 Å². The molecule has 8 aliphatic carbocycles. The number of carboxylic acids is 1. The van der Waals surface area contributed by atoms with Crippen LogP contribution in [-0.4, -0.2) is 51.0 Å². The lowest BCUT2D eigenvalue weighted by molar-refractivity contribution is -0.131. The van der Waals surface area contributed by atoms with E-state index in [0.717, 1.165) is 147 Å². The van der Waals surface area contributed by atoms with Crippen molar-refractivity contribution in [2.75, 3.05) is 13.1 Å². The van der Waals surface area contributed by atoms with Crippen LogP contribution in [0.15, 0.2) is 93.2 Å². The van der Waals surface area contributed by atoms with Crippen LogP contribution < -0.4 is 11.1 Å². The fourth-order valence-corrected chi connectivity index (χ4v) is 13.8. The zero-order chi connectivity index (χ0) is 61.2. The second-order valence-corrected chi connectivity index (χ2v) is 26.7. The molecule has 0 saturated heterocycles. The highest BCUT2D eigenvalue weighted by molar-refractivity contribution is 6.97. The number of carbonyl (C=O) groups excluding carboxylic acids is 5. The molecule has 8 rings (SSSR count). The smallest absolute Gasteiger partial charge is 0.328 e. The number of carboxylic acid groups (broad SMARTS) is 1. The van der Waals surface area contributed by atoms with E-state index < -0.39 is 16.5 Å². The minimum atomic E-state index is -1.14. The largest absolute Gasteiger partial charge is 0.478 e. The minimum Gasteiger partial charge on any atom is -0.478 e. The van der Waals surface area contributed by atoms with Crippen LogP contribution in [0.1, 0.15) is 239 Å². The van der Waals surface area contributed by atoms with Crippen LogP contribution in [0.3, 0.4) is 0 Å². The van der Waals surface area contributed by atoms with Gasteiger partial charge in [0.2, 0.25) is 16.4 Å². The van der Waals surface area contributed by atoms with E-state index >= 15 is 0 Å². The van der Waals surface area contributed by atoms with Gasteiger partial charge in [0.05, 0.1) is 0 Å².